The van der Waals surface area contributed by atoms with Gasteiger partial charge in [-0.3, -0.25) is 4.79 Å². The van der Waals surface area contributed by atoms with Gasteiger partial charge in [0.05, 0.1) is 10.1 Å². The van der Waals surface area contributed by atoms with Crippen LogP contribution in [-0.2, 0) is 14.8 Å². The number of carbonyl (C=O) groups is 1. The second kappa shape index (κ2) is 8.06. The number of amides is 1. The molecule has 0 saturated carbocycles. The van der Waals surface area contributed by atoms with Crippen LogP contribution in [0.5, 0.6) is 0 Å². The predicted molar refractivity (Wildman–Crippen MR) is 95.8 cm³/mol. The summed E-state index contributed by atoms with van der Waals surface area (Å²) in [5.41, 5.74) is 2.14. The molecule has 0 aliphatic carbocycles. The molecule has 24 heavy (non-hydrogen) atoms. The average Bonchev–Trinajstić information content (AvgIpc) is 2.99. The van der Waals surface area contributed by atoms with Gasteiger partial charge in [-0.05, 0) is 45.0 Å². The molecule has 130 valence electrons. The van der Waals surface area contributed by atoms with E-state index in [2.05, 4.69) is 20.2 Å². The fraction of sp³-hybridized carbons (Fsp3) is 0.357. The first kappa shape index (κ1) is 18.8. The maximum Gasteiger partial charge on any atom is 0.240 e. The van der Waals surface area contributed by atoms with Crippen LogP contribution in [0.2, 0.25) is 0 Å². The highest BCUT2D eigenvalue weighted by atomic mass is 32.2. The van der Waals surface area contributed by atoms with Crippen LogP contribution < -0.4 is 10.0 Å². The van der Waals surface area contributed by atoms with Crippen LogP contribution in [0.1, 0.15) is 20.8 Å². The maximum absolute atomic E-state index is 12.2. The van der Waals surface area contributed by atoms with Crippen LogP contribution in [0, 0.1) is 0 Å². The van der Waals surface area contributed by atoms with Crippen molar-refractivity contribution in [3.63, 3.8) is 0 Å². The molecule has 0 saturated heterocycles. The van der Waals surface area contributed by atoms with Crippen molar-refractivity contribution in [3.05, 3.63) is 29.8 Å². The summed E-state index contributed by atoms with van der Waals surface area (Å²) in [7, 11) is -3.54. The summed E-state index contributed by atoms with van der Waals surface area (Å²) in [5, 5.41) is 10.0. The van der Waals surface area contributed by atoms with Crippen molar-refractivity contribution < 1.29 is 13.2 Å². The Labute approximate surface area is 149 Å². The van der Waals surface area contributed by atoms with Crippen molar-refractivity contribution in [3.8, 4) is 0 Å². The molecule has 0 spiro atoms. The highest BCUT2D eigenvalue weighted by Crippen LogP contribution is 2.25. The first-order chi connectivity index (χ1) is 11.3. The zero-order valence-electron chi connectivity index (χ0n) is 13.4. The van der Waals surface area contributed by atoms with E-state index >= 15 is 0 Å². The maximum atomic E-state index is 12.2. The van der Waals surface area contributed by atoms with Crippen molar-refractivity contribution in [2.45, 2.75) is 41.3 Å². The number of sulfonamides is 1. The minimum Gasteiger partial charge on any atom is -0.325 e. The molecule has 0 radical (unpaired) electrons. The van der Waals surface area contributed by atoms with Crippen molar-refractivity contribution >= 4 is 44.7 Å². The van der Waals surface area contributed by atoms with Gasteiger partial charge in [0, 0.05) is 11.7 Å². The Morgan fingerprint density at radius 2 is 1.88 bits per heavy atom. The van der Waals surface area contributed by atoms with Gasteiger partial charge in [0.2, 0.25) is 15.9 Å². The number of rotatable bonds is 7. The van der Waals surface area contributed by atoms with Gasteiger partial charge < -0.3 is 5.32 Å². The Morgan fingerprint density at radius 3 is 2.42 bits per heavy atom. The van der Waals surface area contributed by atoms with Gasteiger partial charge in [0.15, 0.2) is 4.34 Å². The number of nitrogens with one attached hydrogen (secondary N) is 2. The van der Waals surface area contributed by atoms with E-state index in [1.165, 1.54) is 35.2 Å². The molecule has 1 aromatic carbocycles. The summed E-state index contributed by atoms with van der Waals surface area (Å²) in [6.07, 6.45) is 0. The van der Waals surface area contributed by atoms with E-state index in [0.717, 1.165) is 4.34 Å². The predicted octanol–water partition coefficient (Wildman–Crippen LogP) is 2.34. The summed E-state index contributed by atoms with van der Waals surface area (Å²) in [5.74, 6) is -0.189. The zero-order chi connectivity index (χ0) is 17.7. The smallest absolute Gasteiger partial charge is 0.240 e. The highest BCUT2D eigenvalue weighted by molar-refractivity contribution is 8.02. The summed E-state index contributed by atoms with van der Waals surface area (Å²) in [6, 6.07) is 5.86. The molecule has 0 aliphatic heterocycles. The lowest BCUT2D eigenvalue weighted by molar-refractivity contribution is -0.115. The van der Waals surface area contributed by atoms with E-state index < -0.39 is 10.0 Å². The Bertz CT molecular complexity index is 774. The minimum absolute atomic E-state index is 0.158. The van der Waals surface area contributed by atoms with E-state index in [1.54, 1.807) is 38.4 Å². The van der Waals surface area contributed by atoms with Gasteiger partial charge in [0.25, 0.3) is 0 Å². The molecule has 1 amide bonds. The van der Waals surface area contributed by atoms with Crippen LogP contribution in [0.15, 0.2) is 39.0 Å². The molecule has 2 aromatic rings. The molecule has 1 heterocycles. The van der Waals surface area contributed by atoms with Gasteiger partial charge in [0.1, 0.15) is 5.51 Å². The summed E-state index contributed by atoms with van der Waals surface area (Å²) >= 11 is 2.69. The SMILES string of the molecule is CC(C)NS(=O)(=O)c1ccc(NC(=O)C(C)Sc2nncs2)cc1. The van der Waals surface area contributed by atoms with E-state index in [4.69, 9.17) is 0 Å². The lowest BCUT2D eigenvalue weighted by Gasteiger charge is -2.12. The van der Waals surface area contributed by atoms with Crippen molar-refractivity contribution in [2.24, 2.45) is 0 Å². The highest BCUT2D eigenvalue weighted by Gasteiger charge is 2.18. The third kappa shape index (κ3) is 5.26. The van der Waals surface area contributed by atoms with Gasteiger partial charge >= 0.3 is 0 Å². The molecule has 0 aliphatic rings. The first-order valence-corrected chi connectivity index (χ1v) is 10.4. The number of anilines is 1. The Balaban J connectivity index is 1.99. The molecular weight excluding hydrogens is 368 g/mol. The Morgan fingerprint density at radius 1 is 1.21 bits per heavy atom. The molecular formula is C14H18N4O3S3. The monoisotopic (exact) mass is 386 g/mol. The third-order valence-electron chi connectivity index (χ3n) is 2.81. The second-order valence-electron chi connectivity index (χ2n) is 5.25. The number of thioether (sulfide) groups is 1. The molecule has 1 atom stereocenters. The fourth-order valence-electron chi connectivity index (χ4n) is 1.76. The Hall–Kier alpha value is -1.49. The van der Waals surface area contributed by atoms with E-state index in [9.17, 15) is 13.2 Å². The lowest BCUT2D eigenvalue weighted by Crippen LogP contribution is -2.30. The standard InChI is InChI=1S/C14H18N4O3S3/c1-9(2)18-24(20,21)12-6-4-11(5-7-12)16-13(19)10(3)23-14-17-15-8-22-14/h4-10,18H,1-3H3,(H,16,19). The fourth-order valence-corrected chi connectivity index (χ4v) is 4.64. The van der Waals surface area contributed by atoms with Crippen LogP contribution in [0.4, 0.5) is 5.69 Å². The second-order valence-corrected chi connectivity index (χ2v) is 9.39. The van der Waals surface area contributed by atoms with E-state index in [1.807, 2.05) is 0 Å². The molecule has 0 bridgehead atoms. The van der Waals surface area contributed by atoms with Crippen LogP contribution in [0.3, 0.4) is 0 Å². The summed E-state index contributed by atoms with van der Waals surface area (Å²) < 4.78 is 27.3. The van der Waals surface area contributed by atoms with Crippen molar-refractivity contribution in [1.29, 1.82) is 0 Å². The molecule has 2 N–H and O–H groups in total. The van der Waals surface area contributed by atoms with Crippen molar-refractivity contribution in [1.82, 2.24) is 14.9 Å². The number of hydrogen-bond acceptors (Lipinski definition) is 7. The average molecular weight is 387 g/mol. The molecule has 2 rings (SSSR count). The topological polar surface area (TPSA) is 101 Å². The first-order valence-electron chi connectivity index (χ1n) is 7.14. The van der Waals surface area contributed by atoms with E-state index in [-0.39, 0.29) is 22.1 Å². The summed E-state index contributed by atoms with van der Waals surface area (Å²) in [6.45, 7) is 5.28. The van der Waals surface area contributed by atoms with Crippen LogP contribution in [0.25, 0.3) is 0 Å². The Kier molecular flexibility index (Phi) is 6.33. The van der Waals surface area contributed by atoms with Gasteiger partial charge in [-0.25, -0.2) is 13.1 Å². The molecule has 0 fully saturated rings. The zero-order valence-corrected chi connectivity index (χ0v) is 15.8. The lowest BCUT2D eigenvalue weighted by atomic mass is 10.3. The number of benzene rings is 1. The van der Waals surface area contributed by atoms with Gasteiger partial charge in [-0.2, -0.15) is 0 Å². The van der Waals surface area contributed by atoms with Crippen molar-refractivity contribution in [2.75, 3.05) is 5.32 Å². The van der Waals surface area contributed by atoms with Crippen LogP contribution in [-0.4, -0.2) is 35.8 Å². The number of hydrogen-bond donors (Lipinski definition) is 2. The molecule has 7 nitrogen and oxygen atoms in total. The van der Waals surface area contributed by atoms with Gasteiger partial charge in [-0.1, -0.05) is 23.1 Å². The van der Waals surface area contributed by atoms with Crippen LogP contribution >= 0.6 is 23.1 Å². The largest absolute Gasteiger partial charge is 0.325 e. The summed E-state index contributed by atoms with van der Waals surface area (Å²) in [4.78, 5) is 12.3. The third-order valence-corrected chi connectivity index (χ3v) is 6.40. The molecule has 10 heteroatoms. The number of aromatic nitrogens is 2. The molecule has 1 unspecified atom stereocenters. The minimum atomic E-state index is -3.54. The molecule has 1 aromatic heterocycles. The van der Waals surface area contributed by atoms with E-state index in [0.29, 0.717) is 5.69 Å². The quantitative estimate of drug-likeness (QED) is 0.708. The number of nitrogens with zero attached hydrogens (tertiary/aromatic N) is 2. The normalized spacial score (nSPS) is 13.0. The number of carbonyl (C=O) groups excluding carboxylic acids is 1. The van der Waals surface area contributed by atoms with Gasteiger partial charge in [-0.15, -0.1) is 10.2 Å².